The zero-order valence-corrected chi connectivity index (χ0v) is 16.3. The van der Waals surface area contributed by atoms with Crippen LogP contribution >= 0.6 is 0 Å². The summed E-state index contributed by atoms with van der Waals surface area (Å²) >= 11 is 0. The van der Waals surface area contributed by atoms with Gasteiger partial charge in [0.05, 0.1) is 19.3 Å². The minimum atomic E-state index is -0.593. The summed E-state index contributed by atoms with van der Waals surface area (Å²) in [6.07, 6.45) is 6.51. The molecule has 3 rings (SSSR count). The Kier molecular flexibility index (Phi) is 7.24. The van der Waals surface area contributed by atoms with Gasteiger partial charge in [-0.3, -0.25) is 14.4 Å². The molecule has 2 saturated heterocycles. The molecule has 7 nitrogen and oxygen atoms in total. The molecule has 1 unspecified atom stereocenters. The van der Waals surface area contributed by atoms with Gasteiger partial charge < -0.3 is 19.7 Å². The first-order valence-electron chi connectivity index (χ1n) is 10.3. The van der Waals surface area contributed by atoms with E-state index in [9.17, 15) is 14.4 Å². The van der Waals surface area contributed by atoms with Gasteiger partial charge in [0.25, 0.3) is 0 Å². The van der Waals surface area contributed by atoms with Crippen LogP contribution in [-0.2, 0) is 23.9 Å². The lowest BCUT2D eigenvalue weighted by Crippen LogP contribution is -2.48. The van der Waals surface area contributed by atoms with E-state index in [4.69, 9.17) is 9.47 Å². The Labute approximate surface area is 161 Å². The van der Waals surface area contributed by atoms with Gasteiger partial charge in [-0.25, -0.2) is 0 Å². The second-order valence-electron chi connectivity index (χ2n) is 8.10. The van der Waals surface area contributed by atoms with Crippen molar-refractivity contribution in [1.29, 1.82) is 0 Å². The lowest BCUT2D eigenvalue weighted by molar-refractivity contribution is -0.140. The Hall–Kier alpha value is -1.47. The number of amides is 2. The van der Waals surface area contributed by atoms with Crippen molar-refractivity contribution in [2.45, 2.75) is 64.0 Å². The van der Waals surface area contributed by atoms with Crippen LogP contribution in [0.15, 0.2) is 0 Å². The van der Waals surface area contributed by atoms with Gasteiger partial charge >= 0.3 is 0 Å². The average Bonchev–Trinajstić information content (AvgIpc) is 3.01. The number of nitrogens with zero attached hydrogens (tertiary/aromatic N) is 1. The van der Waals surface area contributed by atoms with E-state index in [0.717, 1.165) is 19.3 Å². The predicted octanol–water partition coefficient (Wildman–Crippen LogP) is 1.29. The molecule has 2 aliphatic heterocycles. The van der Waals surface area contributed by atoms with Crippen LogP contribution in [-0.4, -0.2) is 67.6 Å². The molecule has 0 aromatic carbocycles. The minimum absolute atomic E-state index is 0.0105. The number of rotatable bonds is 6. The first kappa shape index (κ1) is 20.3. The lowest BCUT2D eigenvalue weighted by Gasteiger charge is -2.30. The van der Waals surface area contributed by atoms with Crippen LogP contribution < -0.4 is 5.32 Å². The van der Waals surface area contributed by atoms with Gasteiger partial charge in [-0.2, -0.15) is 0 Å². The van der Waals surface area contributed by atoms with Gasteiger partial charge in [-0.05, 0) is 19.3 Å². The first-order chi connectivity index (χ1) is 13.0. The molecule has 0 radical (unpaired) electrons. The van der Waals surface area contributed by atoms with E-state index in [1.54, 1.807) is 11.8 Å². The third-order valence-corrected chi connectivity index (χ3v) is 6.10. The van der Waals surface area contributed by atoms with Gasteiger partial charge in [-0.1, -0.05) is 32.1 Å². The molecule has 2 heterocycles. The quantitative estimate of drug-likeness (QED) is 0.751. The van der Waals surface area contributed by atoms with Crippen LogP contribution in [0, 0.1) is 11.8 Å². The Morgan fingerprint density at radius 3 is 2.52 bits per heavy atom. The third kappa shape index (κ3) is 5.51. The van der Waals surface area contributed by atoms with E-state index >= 15 is 0 Å². The largest absolute Gasteiger partial charge is 0.378 e. The van der Waals surface area contributed by atoms with E-state index < -0.39 is 6.04 Å². The lowest BCUT2D eigenvalue weighted by atomic mass is 9.81. The Bertz CT molecular complexity index is 540. The normalized spacial score (nSPS) is 28.2. The fourth-order valence-corrected chi connectivity index (χ4v) is 4.39. The third-order valence-electron chi connectivity index (χ3n) is 6.10. The first-order valence-corrected chi connectivity index (χ1v) is 10.3. The minimum Gasteiger partial charge on any atom is -0.378 e. The molecule has 27 heavy (non-hydrogen) atoms. The molecule has 1 N–H and O–H groups in total. The topological polar surface area (TPSA) is 84.9 Å². The van der Waals surface area contributed by atoms with Gasteiger partial charge in [0.15, 0.2) is 5.78 Å². The molecule has 1 aliphatic carbocycles. The second-order valence-corrected chi connectivity index (χ2v) is 8.10. The van der Waals surface area contributed by atoms with Crippen LogP contribution in [0.3, 0.4) is 0 Å². The SMILES string of the molecule is CC1OCC(=O)[C@H]1NC(=O)[C@H](CC(=O)N1CCOCC1)CC1CCCCC1. The number of hydrogen-bond donors (Lipinski definition) is 1. The number of hydrogen-bond acceptors (Lipinski definition) is 5. The number of carbonyl (C=O) groups excluding carboxylic acids is 3. The summed E-state index contributed by atoms with van der Waals surface area (Å²) in [5.74, 6) is -0.162. The maximum Gasteiger partial charge on any atom is 0.224 e. The molecular weight excluding hydrogens is 348 g/mol. The molecule has 2 amide bonds. The van der Waals surface area contributed by atoms with Crippen molar-refractivity contribution in [1.82, 2.24) is 10.2 Å². The van der Waals surface area contributed by atoms with Crippen molar-refractivity contribution < 1.29 is 23.9 Å². The molecule has 1 saturated carbocycles. The van der Waals surface area contributed by atoms with Crippen LogP contribution in [0.1, 0.15) is 51.9 Å². The zero-order chi connectivity index (χ0) is 19.2. The molecule has 7 heteroatoms. The summed E-state index contributed by atoms with van der Waals surface area (Å²) in [5, 5.41) is 2.87. The van der Waals surface area contributed by atoms with Crippen LogP contribution in [0.2, 0.25) is 0 Å². The number of ether oxygens (including phenoxy) is 2. The number of carbonyl (C=O) groups is 3. The van der Waals surface area contributed by atoms with Crippen LogP contribution in [0.5, 0.6) is 0 Å². The van der Waals surface area contributed by atoms with Crippen molar-refractivity contribution in [3.63, 3.8) is 0 Å². The van der Waals surface area contributed by atoms with Gasteiger partial charge in [-0.15, -0.1) is 0 Å². The standard InChI is InChI=1S/C20H32N2O5/c1-14-19(17(23)13-27-14)21-20(25)16(11-15-5-3-2-4-6-15)12-18(24)22-7-9-26-10-8-22/h14-16,19H,2-13H2,1H3,(H,21,25)/t14?,16-,19-/m0/s1. The molecular formula is C20H32N2O5. The monoisotopic (exact) mass is 380 g/mol. The average molecular weight is 380 g/mol. The summed E-state index contributed by atoms with van der Waals surface area (Å²) in [6, 6.07) is -0.593. The molecule has 3 fully saturated rings. The van der Waals surface area contributed by atoms with Crippen LogP contribution in [0.25, 0.3) is 0 Å². The summed E-state index contributed by atoms with van der Waals surface area (Å²) in [7, 11) is 0. The van der Waals surface area contributed by atoms with Crippen LogP contribution in [0.4, 0.5) is 0 Å². The van der Waals surface area contributed by atoms with Crippen molar-refractivity contribution in [2.24, 2.45) is 11.8 Å². The van der Waals surface area contributed by atoms with E-state index in [0.29, 0.717) is 32.2 Å². The fourth-order valence-electron chi connectivity index (χ4n) is 4.39. The Morgan fingerprint density at radius 2 is 1.89 bits per heavy atom. The maximum absolute atomic E-state index is 13.0. The molecule has 0 aromatic heterocycles. The van der Waals surface area contributed by atoms with Gasteiger partial charge in [0.1, 0.15) is 12.6 Å². The van der Waals surface area contributed by atoms with Crippen molar-refractivity contribution in [3.8, 4) is 0 Å². The molecule has 3 aliphatic rings. The maximum atomic E-state index is 13.0. The molecule has 0 bridgehead atoms. The highest BCUT2D eigenvalue weighted by Crippen LogP contribution is 2.31. The Morgan fingerprint density at radius 1 is 1.19 bits per heavy atom. The fraction of sp³-hybridized carbons (Fsp3) is 0.850. The molecule has 0 aromatic rings. The number of ketones is 1. The Balaban J connectivity index is 1.63. The predicted molar refractivity (Wildman–Crippen MR) is 99.0 cm³/mol. The summed E-state index contributed by atoms with van der Waals surface area (Å²) in [6.45, 7) is 4.12. The van der Waals surface area contributed by atoms with Crippen molar-refractivity contribution >= 4 is 17.6 Å². The van der Waals surface area contributed by atoms with Gasteiger partial charge in [0, 0.05) is 25.4 Å². The van der Waals surface area contributed by atoms with E-state index in [2.05, 4.69) is 5.32 Å². The number of Topliss-reactive ketones (excluding diaryl/α,β-unsaturated/α-hetero) is 1. The summed E-state index contributed by atoms with van der Waals surface area (Å²) in [4.78, 5) is 39.4. The molecule has 152 valence electrons. The highest BCUT2D eigenvalue weighted by atomic mass is 16.5. The highest BCUT2D eigenvalue weighted by Gasteiger charge is 2.36. The number of morpholine rings is 1. The molecule has 3 atom stereocenters. The van der Waals surface area contributed by atoms with E-state index in [1.807, 2.05) is 0 Å². The number of nitrogens with one attached hydrogen (secondary N) is 1. The van der Waals surface area contributed by atoms with E-state index in [-0.39, 0.29) is 42.6 Å². The van der Waals surface area contributed by atoms with Crippen molar-refractivity contribution in [2.75, 3.05) is 32.9 Å². The smallest absolute Gasteiger partial charge is 0.224 e. The summed E-state index contributed by atoms with van der Waals surface area (Å²) in [5.41, 5.74) is 0. The zero-order valence-electron chi connectivity index (χ0n) is 16.3. The second kappa shape index (κ2) is 9.64. The van der Waals surface area contributed by atoms with Gasteiger partial charge in [0.2, 0.25) is 11.8 Å². The van der Waals surface area contributed by atoms with Crippen molar-refractivity contribution in [3.05, 3.63) is 0 Å². The molecule has 0 spiro atoms. The summed E-state index contributed by atoms with van der Waals surface area (Å²) < 4.78 is 10.6. The van der Waals surface area contributed by atoms with E-state index in [1.165, 1.54) is 19.3 Å². The highest BCUT2D eigenvalue weighted by molar-refractivity contribution is 5.93.